The summed E-state index contributed by atoms with van der Waals surface area (Å²) < 4.78 is 40.8. The normalized spacial score (nSPS) is 14.4. The lowest BCUT2D eigenvalue weighted by Gasteiger charge is -2.37. The molecule has 0 radical (unpaired) electrons. The van der Waals surface area contributed by atoms with Gasteiger partial charge in [0.2, 0.25) is 0 Å². The van der Waals surface area contributed by atoms with Crippen LogP contribution in [0, 0.1) is 0 Å². The number of alkyl halides is 3. The number of nitrogen functional groups attached to an aromatic ring is 1. The van der Waals surface area contributed by atoms with Crippen molar-refractivity contribution in [2.75, 3.05) is 47.0 Å². The van der Waals surface area contributed by atoms with E-state index < -0.39 is 6.36 Å². The van der Waals surface area contributed by atoms with Gasteiger partial charge in [0, 0.05) is 37.6 Å². The number of anilines is 5. The molecule has 1 saturated heterocycles. The molecule has 7 nitrogen and oxygen atoms in total. The lowest BCUT2D eigenvalue weighted by molar-refractivity contribution is -0.274. The van der Waals surface area contributed by atoms with Crippen molar-refractivity contribution < 1.29 is 17.9 Å². The van der Waals surface area contributed by atoms with E-state index in [0.29, 0.717) is 23.0 Å². The first kappa shape index (κ1) is 20.6. The summed E-state index contributed by atoms with van der Waals surface area (Å²) in [5.74, 6) is 0.716. The minimum atomic E-state index is -4.73. The molecule has 0 atom stereocenters. The van der Waals surface area contributed by atoms with Gasteiger partial charge in [-0.1, -0.05) is 18.2 Å². The Morgan fingerprint density at radius 2 is 1.52 bits per heavy atom. The van der Waals surface area contributed by atoms with Crippen molar-refractivity contribution in [3.8, 4) is 5.75 Å². The first-order valence-corrected chi connectivity index (χ1v) is 9.67. The summed E-state index contributed by atoms with van der Waals surface area (Å²) in [4.78, 5) is 12.9. The van der Waals surface area contributed by atoms with E-state index in [4.69, 9.17) is 5.73 Å². The molecule has 162 valence electrons. The molecule has 3 N–H and O–H groups in total. The number of benzene rings is 2. The van der Waals surface area contributed by atoms with Crippen LogP contribution in [0.2, 0.25) is 0 Å². The molecule has 1 aliphatic heterocycles. The first-order valence-electron chi connectivity index (χ1n) is 9.67. The number of nitrogens with one attached hydrogen (secondary N) is 1. The van der Waals surface area contributed by atoms with E-state index >= 15 is 0 Å². The van der Waals surface area contributed by atoms with Crippen LogP contribution in [0.5, 0.6) is 5.75 Å². The fourth-order valence-corrected chi connectivity index (χ4v) is 3.43. The third-order valence-corrected chi connectivity index (χ3v) is 4.91. The summed E-state index contributed by atoms with van der Waals surface area (Å²) in [5.41, 5.74) is 8.39. The van der Waals surface area contributed by atoms with E-state index in [2.05, 4.69) is 42.0 Å². The molecular weight excluding hydrogens is 409 g/mol. The van der Waals surface area contributed by atoms with Gasteiger partial charge in [0.1, 0.15) is 17.8 Å². The lowest BCUT2D eigenvalue weighted by atomic mass is 10.2. The zero-order valence-corrected chi connectivity index (χ0v) is 16.5. The summed E-state index contributed by atoms with van der Waals surface area (Å²) in [6.07, 6.45) is -3.32. The van der Waals surface area contributed by atoms with Gasteiger partial charge in [-0.2, -0.15) is 0 Å². The number of halogens is 3. The molecule has 0 saturated carbocycles. The maximum atomic E-state index is 12.3. The Bertz CT molecular complexity index is 1010. The van der Waals surface area contributed by atoms with Crippen molar-refractivity contribution in [2.45, 2.75) is 6.36 Å². The van der Waals surface area contributed by atoms with E-state index in [1.54, 1.807) is 0 Å². The van der Waals surface area contributed by atoms with Gasteiger partial charge in [-0.3, -0.25) is 0 Å². The second-order valence-corrected chi connectivity index (χ2v) is 6.97. The second kappa shape index (κ2) is 8.58. The molecule has 1 fully saturated rings. The van der Waals surface area contributed by atoms with Crippen LogP contribution in [-0.4, -0.2) is 42.5 Å². The Labute approximate surface area is 177 Å². The molecule has 0 amide bonds. The molecule has 31 heavy (non-hydrogen) atoms. The first-order chi connectivity index (χ1) is 14.9. The van der Waals surface area contributed by atoms with Crippen molar-refractivity contribution >= 4 is 28.7 Å². The Balaban J connectivity index is 1.43. The van der Waals surface area contributed by atoms with Gasteiger partial charge >= 0.3 is 6.36 Å². The standard InChI is InChI=1S/C21H21F3N6O/c22-21(23,24)31-17-8-6-15(7-9-17)28-19-18(25)20(27-14-26-19)30-12-10-29(11-13-30)16-4-2-1-3-5-16/h1-9,14H,10-13,25H2,(H,26,27,28). The van der Waals surface area contributed by atoms with Crippen LogP contribution in [0.25, 0.3) is 0 Å². The van der Waals surface area contributed by atoms with Gasteiger partial charge in [-0.15, -0.1) is 13.2 Å². The summed E-state index contributed by atoms with van der Waals surface area (Å²) in [6.45, 7) is 3.16. The number of hydrogen-bond acceptors (Lipinski definition) is 7. The predicted octanol–water partition coefficient (Wildman–Crippen LogP) is 4.03. The number of piperazine rings is 1. The topological polar surface area (TPSA) is 79.5 Å². The molecule has 0 bridgehead atoms. The van der Waals surface area contributed by atoms with E-state index in [9.17, 15) is 13.2 Å². The molecule has 0 aliphatic carbocycles. The van der Waals surface area contributed by atoms with Gasteiger partial charge < -0.3 is 25.6 Å². The molecule has 3 aromatic rings. The van der Waals surface area contributed by atoms with Crippen LogP contribution in [0.3, 0.4) is 0 Å². The average molecular weight is 430 g/mol. The van der Waals surface area contributed by atoms with Crippen LogP contribution in [0.1, 0.15) is 0 Å². The van der Waals surface area contributed by atoms with Crippen molar-refractivity contribution in [3.05, 3.63) is 60.9 Å². The number of hydrogen-bond donors (Lipinski definition) is 2. The molecule has 1 aliphatic rings. The predicted molar refractivity (Wildman–Crippen MR) is 114 cm³/mol. The van der Waals surface area contributed by atoms with Crippen LogP contribution >= 0.6 is 0 Å². The fraction of sp³-hybridized carbons (Fsp3) is 0.238. The Hall–Kier alpha value is -3.69. The molecule has 10 heteroatoms. The van der Waals surface area contributed by atoms with Crippen molar-refractivity contribution in [1.29, 1.82) is 0 Å². The van der Waals surface area contributed by atoms with E-state index in [1.165, 1.54) is 36.3 Å². The molecule has 0 unspecified atom stereocenters. The molecule has 0 spiro atoms. The highest BCUT2D eigenvalue weighted by Crippen LogP contribution is 2.31. The quantitative estimate of drug-likeness (QED) is 0.633. The third kappa shape index (κ3) is 5.08. The molecule has 2 aromatic carbocycles. The zero-order valence-electron chi connectivity index (χ0n) is 16.5. The Kier molecular flexibility index (Phi) is 5.70. The number of para-hydroxylation sites is 1. The van der Waals surface area contributed by atoms with Gasteiger partial charge in [-0.25, -0.2) is 9.97 Å². The number of nitrogens with two attached hydrogens (primary N) is 1. The van der Waals surface area contributed by atoms with Gasteiger partial charge in [0.15, 0.2) is 11.6 Å². The van der Waals surface area contributed by atoms with E-state index in [0.717, 1.165) is 26.2 Å². The zero-order chi connectivity index (χ0) is 21.8. The fourth-order valence-electron chi connectivity index (χ4n) is 3.43. The highest BCUT2D eigenvalue weighted by Gasteiger charge is 2.31. The molecule has 2 heterocycles. The number of rotatable bonds is 5. The van der Waals surface area contributed by atoms with E-state index in [-0.39, 0.29) is 5.75 Å². The SMILES string of the molecule is Nc1c(Nc2ccc(OC(F)(F)F)cc2)ncnc1N1CCN(c2ccccc2)CC1. The summed E-state index contributed by atoms with van der Waals surface area (Å²) >= 11 is 0. The Morgan fingerprint density at radius 3 is 2.16 bits per heavy atom. The van der Waals surface area contributed by atoms with Gasteiger partial charge in [0.05, 0.1) is 0 Å². The number of nitrogens with zero attached hydrogens (tertiary/aromatic N) is 4. The largest absolute Gasteiger partial charge is 0.573 e. The van der Waals surface area contributed by atoms with Crippen molar-refractivity contribution in [3.63, 3.8) is 0 Å². The summed E-state index contributed by atoms with van der Waals surface area (Å²) in [7, 11) is 0. The summed E-state index contributed by atoms with van der Waals surface area (Å²) in [6, 6.07) is 15.6. The number of aromatic nitrogens is 2. The van der Waals surface area contributed by atoms with Crippen molar-refractivity contribution in [1.82, 2.24) is 9.97 Å². The lowest BCUT2D eigenvalue weighted by Crippen LogP contribution is -2.47. The van der Waals surface area contributed by atoms with E-state index in [1.807, 2.05) is 18.2 Å². The van der Waals surface area contributed by atoms with Crippen LogP contribution < -0.4 is 25.6 Å². The molecular formula is C21H21F3N6O. The number of ether oxygens (including phenoxy) is 1. The maximum absolute atomic E-state index is 12.3. The average Bonchev–Trinajstić information content (AvgIpc) is 2.76. The minimum absolute atomic E-state index is 0.300. The third-order valence-electron chi connectivity index (χ3n) is 4.91. The van der Waals surface area contributed by atoms with Crippen LogP contribution in [0.15, 0.2) is 60.9 Å². The minimum Gasteiger partial charge on any atom is -0.406 e. The second-order valence-electron chi connectivity index (χ2n) is 6.97. The van der Waals surface area contributed by atoms with Crippen molar-refractivity contribution in [2.24, 2.45) is 0 Å². The highest BCUT2D eigenvalue weighted by atomic mass is 19.4. The van der Waals surface area contributed by atoms with Gasteiger partial charge in [-0.05, 0) is 36.4 Å². The maximum Gasteiger partial charge on any atom is 0.573 e. The molecule has 4 rings (SSSR count). The Morgan fingerprint density at radius 1 is 0.871 bits per heavy atom. The highest BCUT2D eigenvalue weighted by molar-refractivity contribution is 5.78. The molecule has 1 aromatic heterocycles. The van der Waals surface area contributed by atoms with Gasteiger partial charge in [0.25, 0.3) is 0 Å². The van der Waals surface area contributed by atoms with Crippen LogP contribution in [-0.2, 0) is 0 Å². The monoisotopic (exact) mass is 430 g/mol. The van der Waals surface area contributed by atoms with Crippen LogP contribution in [0.4, 0.5) is 41.9 Å². The summed E-state index contributed by atoms with van der Waals surface area (Å²) in [5, 5.41) is 3.03. The smallest absolute Gasteiger partial charge is 0.406 e.